The molecule has 0 spiro atoms. The van der Waals surface area contributed by atoms with E-state index in [0.29, 0.717) is 41.0 Å². The number of amides is 1. The molecule has 4 rings (SSSR count). The third-order valence-electron chi connectivity index (χ3n) is 6.10. The predicted octanol–water partition coefficient (Wildman–Crippen LogP) is 7.30. The molecule has 36 heavy (non-hydrogen) atoms. The zero-order valence-electron chi connectivity index (χ0n) is 20.8. The van der Waals surface area contributed by atoms with Crippen molar-refractivity contribution in [2.45, 2.75) is 46.8 Å². The summed E-state index contributed by atoms with van der Waals surface area (Å²) in [5.41, 5.74) is 5.54. The summed E-state index contributed by atoms with van der Waals surface area (Å²) in [4.78, 5) is 13.1. The highest BCUT2D eigenvalue weighted by molar-refractivity contribution is 6.31. The van der Waals surface area contributed by atoms with Gasteiger partial charge >= 0.3 is 0 Å². The molecular weight excluding hydrogens is 477 g/mol. The van der Waals surface area contributed by atoms with Gasteiger partial charge in [0.2, 0.25) is 0 Å². The van der Waals surface area contributed by atoms with Crippen LogP contribution < -0.4 is 10.1 Å². The van der Waals surface area contributed by atoms with E-state index in [1.54, 1.807) is 16.8 Å². The maximum atomic E-state index is 13.4. The molecule has 0 bridgehead atoms. The van der Waals surface area contributed by atoms with Crippen LogP contribution in [-0.2, 0) is 13.2 Å². The molecule has 1 amide bonds. The molecule has 0 aliphatic carbocycles. The molecular formula is C29H29ClFN3O2. The number of halogens is 2. The number of ether oxygens (including phenoxy) is 1. The summed E-state index contributed by atoms with van der Waals surface area (Å²) >= 11 is 6.18. The van der Waals surface area contributed by atoms with Crippen LogP contribution in [0.2, 0.25) is 5.02 Å². The van der Waals surface area contributed by atoms with Gasteiger partial charge in [-0.25, -0.2) is 4.39 Å². The van der Waals surface area contributed by atoms with Gasteiger partial charge in [-0.05, 0) is 72.9 Å². The molecule has 5 nitrogen and oxygen atoms in total. The fourth-order valence-electron chi connectivity index (χ4n) is 3.95. The lowest BCUT2D eigenvalue weighted by Gasteiger charge is -2.11. The Morgan fingerprint density at radius 3 is 2.53 bits per heavy atom. The highest BCUT2D eigenvalue weighted by Crippen LogP contribution is 2.24. The Kier molecular flexibility index (Phi) is 7.75. The van der Waals surface area contributed by atoms with E-state index >= 15 is 0 Å². The molecule has 7 heteroatoms. The van der Waals surface area contributed by atoms with E-state index in [0.717, 1.165) is 22.6 Å². The van der Waals surface area contributed by atoms with Crippen molar-refractivity contribution in [3.05, 3.63) is 111 Å². The van der Waals surface area contributed by atoms with E-state index in [9.17, 15) is 9.18 Å². The number of hydrogen-bond acceptors (Lipinski definition) is 3. The second-order valence-corrected chi connectivity index (χ2v) is 9.51. The second-order valence-electron chi connectivity index (χ2n) is 9.11. The lowest BCUT2D eigenvalue weighted by molar-refractivity contribution is 0.102. The summed E-state index contributed by atoms with van der Waals surface area (Å²) in [5, 5.41) is 7.87. The molecule has 0 saturated carbocycles. The van der Waals surface area contributed by atoms with Gasteiger partial charge in [-0.1, -0.05) is 55.8 Å². The molecule has 186 valence electrons. The molecule has 0 fully saturated rings. The average Bonchev–Trinajstić information content (AvgIpc) is 3.12. The highest BCUT2D eigenvalue weighted by atomic mass is 35.5. The zero-order valence-corrected chi connectivity index (χ0v) is 21.6. The Labute approximate surface area is 215 Å². The molecule has 4 aromatic rings. The van der Waals surface area contributed by atoms with Crippen LogP contribution in [0.3, 0.4) is 0 Å². The van der Waals surface area contributed by atoms with E-state index in [4.69, 9.17) is 16.3 Å². The van der Waals surface area contributed by atoms with Crippen LogP contribution in [0.15, 0.2) is 66.7 Å². The molecule has 3 aromatic carbocycles. The number of carbonyl (C=O) groups excluding carboxylic acids is 1. The van der Waals surface area contributed by atoms with Crippen molar-refractivity contribution in [2.75, 3.05) is 5.32 Å². The van der Waals surface area contributed by atoms with Crippen LogP contribution in [0.1, 0.15) is 58.2 Å². The topological polar surface area (TPSA) is 56.2 Å². The molecule has 1 N–H and O–H groups in total. The van der Waals surface area contributed by atoms with E-state index in [1.807, 2.05) is 44.2 Å². The van der Waals surface area contributed by atoms with Crippen molar-refractivity contribution >= 4 is 23.2 Å². The summed E-state index contributed by atoms with van der Waals surface area (Å²) in [6.07, 6.45) is 0. The van der Waals surface area contributed by atoms with E-state index in [2.05, 4.69) is 36.4 Å². The maximum Gasteiger partial charge on any atom is 0.255 e. The minimum atomic E-state index is -0.387. The molecule has 0 aliphatic rings. The fraction of sp³-hybridized carbons (Fsp3) is 0.241. The first-order valence-corrected chi connectivity index (χ1v) is 12.2. The summed E-state index contributed by atoms with van der Waals surface area (Å²) in [5.74, 6) is 0.633. The number of anilines is 1. The van der Waals surface area contributed by atoms with Gasteiger partial charge in [-0.3, -0.25) is 9.48 Å². The van der Waals surface area contributed by atoms with Crippen LogP contribution in [-0.4, -0.2) is 15.7 Å². The summed E-state index contributed by atoms with van der Waals surface area (Å²) in [6.45, 7) is 8.74. The number of nitrogens with one attached hydrogen (secondary N) is 1. The number of nitrogens with zero attached hydrogens (tertiary/aromatic N) is 2. The monoisotopic (exact) mass is 505 g/mol. The molecule has 0 radical (unpaired) electrons. The molecule has 0 aliphatic heterocycles. The number of rotatable bonds is 8. The number of hydrogen-bond donors (Lipinski definition) is 1. The quantitative estimate of drug-likeness (QED) is 0.273. The van der Waals surface area contributed by atoms with Crippen molar-refractivity contribution < 1.29 is 13.9 Å². The van der Waals surface area contributed by atoms with Crippen molar-refractivity contribution in [3.63, 3.8) is 0 Å². The van der Waals surface area contributed by atoms with Crippen LogP contribution in [0.5, 0.6) is 5.75 Å². The van der Waals surface area contributed by atoms with Crippen LogP contribution in [0.25, 0.3) is 0 Å². The molecule has 0 unspecified atom stereocenters. The SMILES string of the molecule is Cc1nn(Cc2ccc(F)cc2Cl)c(C)c1NC(=O)c1cccc(COc2ccc(C(C)C)cc2)c1. The highest BCUT2D eigenvalue weighted by Gasteiger charge is 2.17. The maximum absolute atomic E-state index is 13.4. The van der Waals surface area contributed by atoms with Gasteiger partial charge in [-0.2, -0.15) is 5.10 Å². The number of aryl methyl sites for hydroxylation is 1. The van der Waals surface area contributed by atoms with Gasteiger partial charge in [0.1, 0.15) is 18.2 Å². The number of aromatic nitrogens is 2. The van der Waals surface area contributed by atoms with Crippen molar-refractivity contribution in [1.82, 2.24) is 9.78 Å². The lowest BCUT2D eigenvalue weighted by Crippen LogP contribution is -2.14. The fourth-order valence-corrected chi connectivity index (χ4v) is 4.17. The van der Waals surface area contributed by atoms with Gasteiger partial charge in [0.25, 0.3) is 5.91 Å². The summed E-state index contributed by atoms with van der Waals surface area (Å²) < 4.78 is 21.0. The third-order valence-corrected chi connectivity index (χ3v) is 6.45. The minimum Gasteiger partial charge on any atom is -0.489 e. The van der Waals surface area contributed by atoms with Crippen LogP contribution in [0.4, 0.5) is 10.1 Å². The van der Waals surface area contributed by atoms with Crippen molar-refractivity contribution in [2.24, 2.45) is 0 Å². The lowest BCUT2D eigenvalue weighted by atomic mass is 10.0. The summed E-state index contributed by atoms with van der Waals surface area (Å²) in [7, 11) is 0. The van der Waals surface area contributed by atoms with E-state index < -0.39 is 0 Å². The molecule has 0 atom stereocenters. The first kappa shape index (κ1) is 25.5. The van der Waals surface area contributed by atoms with Gasteiger partial charge in [-0.15, -0.1) is 0 Å². The van der Waals surface area contributed by atoms with Crippen molar-refractivity contribution in [1.29, 1.82) is 0 Å². The first-order chi connectivity index (χ1) is 17.2. The molecule has 1 aromatic heterocycles. The Bertz CT molecular complexity index is 1380. The van der Waals surface area contributed by atoms with Crippen LogP contribution in [0, 0.1) is 19.7 Å². The first-order valence-electron chi connectivity index (χ1n) is 11.8. The molecule has 1 heterocycles. The normalized spacial score (nSPS) is 11.1. The standard InChI is InChI=1S/C29H29ClFN3O2/c1-18(2)22-9-12-26(13-10-22)36-17-21-6-5-7-23(14-21)29(35)32-28-19(3)33-34(20(28)4)16-24-8-11-25(31)15-27(24)30/h5-15,18H,16-17H2,1-4H3,(H,32,35). The smallest absolute Gasteiger partial charge is 0.255 e. The van der Waals surface area contributed by atoms with Gasteiger partial charge < -0.3 is 10.1 Å². The second kappa shape index (κ2) is 11.0. The third kappa shape index (κ3) is 5.94. The Balaban J connectivity index is 1.44. The number of benzene rings is 3. The Hall–Kier alpha value is -3.64. The van der Waals surface area contributed by atoms with Gasteiger partial charge in [0.05, 0.1) is 23.6 Å². The summed E-state index contributed by atoms with van der Waals surface area (Å²) in [6, 6.07) is 19.7. The van der Waals surface area contributed by atoms with E-state index in [-0.39, 0.29) is 11.7 Å². The Morgan fingerprint density at radius 2 is 1.83 bits per heavy atom. The van der Waals surface area contributed by atoms with E-state index in [1.165, 1.54) is 17.7 Å². The largest absolute Gasteiger partial charge is 0.489 e. The van der Waals surface area contributed by atoms with Crippen molar-refractivity contribution in [3.8, 4) is 5.75 Å². The number of carbonyl (C=O) groups is 1. The predicted molar refractivity (Wildman–Crippen MR) is 141 cm³/mol. The molecule has 0 saturated heterocycles. The zero-order chi connectivity index (χ0) is 25.8. The van der Waals surface area contributed by atoms with Gasteiger partial charge in [0, 0.05) is 10.6 Å². The average molecular weight is 506 g/mol. The minimum absolute atomic E-state index is 0.233. The van der Waals surface area contributed by atoms with Gasteiger partial charge in [0.15, 0.2) is 0 Å². The van der Waals surface area contributed by atoms with Crippen LogP contribution >= 0.6 is 11.6 Å². The Morgan fingerprint density at radius 1 is 1.08 bits per heavy atom.